The molecule has 0 amide bonds. The summed E-state index contributed by atoms with van der Waals surface area (Å²) in [5.41, 5.74) is 2.10. The Balaban J connectivity index is 2.46. The molecule has 2 aromatic rings. The van der Waals surface area contributed by atoms with E-state index < -0.39 is 0 Å². The van der Waals surface area contributed by atoms with Crippen LogP contribution in [0.5, 0.6) is 5.75 Å². The van der Waals surface area contributed by atoms with Gasteiger partial charge in [-0.1, -0.05) is 6.07 Å². The number of aromatic nitrogens is 1. The van der Waals surface area contributed by atoms with Gasteiger partial charge in [-0.3, -0.25) is 0 Å². The minimum absolute atomic E-state index is 0.337. The van der Waals surface area contributed by atoms with Crippen LogP contribution in [-0.2, 0) is 6.54 Å². The predicted octanol–water partition coefficient (Wildman–Crippen LogP) is 1.94. The molecule has 1 aromatic heterocycles. The van der Waals surface area contributed by atoms with Gasteiger partial charge in [-0.15, -0.1) is 0 Å². The molecule has 3 heteroatoms. The highest BCUT2D eigenvalue weighted by atomic mass is 16.3. The van der Waals surface area contributed by atoms with Crippen molar-refractivity contribution >= 4 is 10.9 Å². The topological polar surface area (TPSA) is 39.3 Å². The number of nitrogens with zero attached hydrogens (tertiary/aromatic N) is 1. The lowest BCUT2D eigenvalue weighted by atomic mass is 10.2. The molecule has 2 rings (SSSR count). The fourth-order valence-electron chi connectivity index (χ4n) is 1.62. The summed E-state index contributed by atoms with van der Waals surface area (Å²) in [5.74, 6) is 0.337. The van der Waals surface area contributed by atoms with Crippen LogP contribution in [0.15, 0.2) is 24.3 Å². The van der Waals surface area contributed by atoms with Crippen molar-refractivity contribution in [3.63, 3.8) is 0 Å². The molecule has 0 fully saturated rings. The maximum Gasteiger partial charge on any atom is 0.124 e. The van der Waals surface area contributed by atoms with E-state index >= 15 is 0 Å². The third kappa shape index (κ3) is 1.59. The third-order valence-corrected chi connectivity index (χ3v) is 2.18. The number of H-pyrrole nitrogens is 1. The summed E-state index contributed by atoms with van der Waals surface area (Å²) in [6.07, 6.45) is 0. The van der Waals surface area contributed by atoms with Gasteiger partial charge in [0.2, 0.25) is 0 Å². The molecule has 0 spiro atoms. The summed E-state index contributed by atoms with van der Waals surface area (Å²) in [6, 6.07) is 7.50. The molecule has 74 valence electrons. The third-order valence-electron chi connectivity index (χ3n) is 2.18. The molecule has 0 bridgehead atoms. The van der Waals surface area contributed by atoms with E-state index in [1.807, 2.05) is 32.3 Å². The van der Waals surface area contributed by atoms with Crippen LogP contribution < -0.4 is 0 Å². The fraction of sp³-hybridized carbons (Fsp3) is 0.273. The summed E-state index contributed by atoms with van der Waals surface area (Å²) < 4.78 is 0. The number of aromatic amines is 1. The predicted molar refractivity (Wildman–Crippen MR) is 57.4 cm³/mol. The van der Waals surface area contributed by atoms with Gasteiger partial charge in [-0.2, -0.15) is 0 Å². The zero-order valence-corrected chi connectivity index (χ0v) is 8.41. The number of hydrogen-bond donors (Lipinski definition) is 2. The standard InChI is InChI=1S/C11H14N2O/c1-13(2)7-8-6-9-10(12-8)4-3-5-11(9)14/h3-6,12,14H,7H2,1-2H3. The molecule has 0 radical (unpaired) electrons. The first-order chi connectivity index (χ1) is 6.66. The van der Waals surface area contributed by atoms with Crippen LogP contribution in [0.4, 0.5) is 0 Å². The lowest BCUT2D eigenvalue weighted by Crippen LogP contribution is -2.10. The van der Waals surface area contributed by atoms with E-state index in [0.29, 0.717) is 5.75 Å². The molecule has 3 nitrogen and oxygen atoms in total. The monoisotopic (exact) mass is 190 g/mol. The summed E-state index contributed by atoms with van der Waals surface area (Å²) in [6.45, 7) is 0.855. The van der Waals surface area contributed by atoms with Gasteiger partial charge < -0.3 is 15.0 Å². The second-order valence-electron chi connectivity index (χ2n) is 3.77. The Morgan fingerprint density at radius 1 is 1.36 bits per heavy atom. The molecular formula is C11H14N2O. The van der Waals surface area contributed by atoms with Gasteiger partial charge in [-0.05, 0) is 32.3 Å². The number of rotatable bonds is 2. The van der Waals surface area contributed by atoms with Gasteiger partial charge >= 0.3 is 0 Å². The van der Waals surface area contributed by atoms with Crippen molar-refractivity contribution in [3.05, 3.63) is 30.0 Å². The summed E-state index contributed by atoms with van der Waals surface area (Å²) in [5, 5.41) is 10.5. The first-order valence-electron chi connectivity index (χ1n) is 4.61. The molecule has 14 heavy (non-hydrogen) atoms. The van der Waals surface area contributed by atoms with E-state index in [0.717, 1.165) is 23.1 Å². The van der Waals surface area contributed by atoms with Crippen LogP contribution in [0.3, 0.4) is 0 Å². The quantitative estimate of drug-likeness (QED) is 0.759. The van der Waals surface area contributed by atoms with Crippen LogP contribution in [0.25, 0.3) is 10.9 Å². The van der Waals surface area contributed by atoms with Crippen molar-refractivity contribution in [1.82, 2.24) is 9.88 Å². The molecule has 0 aliphatic carbocycles. The number of aromatic hydroxyl groups is 1. The van der Waals surface area contributed by atoms with Crippen LogP contribution >= 0.6 is 0 Å². The highest BCUT2D eigenvalue weighted by Gasteiger charge is 2.04. The van der Waals surface area contributed by atoms with Crippen molar-refractivity contribution < 1.29 is 5.11 Å². The van der Waals surface area contributed by atoms with Gasteiger partial charge in [0.05, 0.1) is 0 Å². The number of nitrogens with one attached hydrogen (secondary N) is 1. The first kappa shape index (κ1) is 9.09. The van der Waals surface area contributed by atoms with E-state index in [4.69, 9.17) is 0 Å². The number of phenolic OH excluding ortho intramolecular Hbond substituents is 1. The number of benzene rings is 1. The first-order valence-corrected chi connectivity index (χ1v) is 4.61. The Bertz CT molecular complexity index is 445. The molecule has 1 heterocycles. The smallest absolute Gasteiger partial charge is 0.124 e. The molecule has 0 atom stereocenters. The minimum atomic E-state index is 0.337. The second kappa shape index (κ2) is 3.35. The summed E-state index contributed by atoms with van der Waals surface area (Å²) >= 11 is 0. The van der Waals surface area contributed by atoms with Crippen LogP contribution in [0.1, 0.15) is 5.69 Å². The maximum atomic E-state index is 9.59. The van der Waals surface area contributed by atoms with E-state index in [-0.39, 0.29) is 0 Å². The zero-order chi connectivity index (χ0) is 10.1. The van der Waals surface area contributed by atoms with E-state index in [1.54, 1.807) is 6.07 Å². The Morgan fingerprint density at radius 3 is 2.79 bits per heavy atom. The highest BCUT2D eigenvalue weighted by Crippen LogP contribution is 2.24. The number of fused-ring (bicyclic) bond motifs is 1. The molecule has 0 unspecified atom stereocenters. The Morgan fingerprint density at radius 2 is 2.14 bits per heavy atom. The highest BCUT2D eigenvalue weighted by molar-refractivity contribution is 5.86. The van der Waals surface area contributed by atoms with Gasteiger partial charge in [-0.25, -0.2) is 0 Å². The zero-order valence-electron chi connectivity index (χ0n) is 8.41. The average molecular weight is 190 g/mol. The fourth-order valence-corrected chi connectivity index (χ4v) is 1.62. The van der Waals surface area contributed by atoms with Crippen LogP contribution in [-0.4, -0.2) is 29.1 Å². The maximum absolute atomic E-state index is 9.59. The summed E-state index contributed by atoms with van der Waals surface area (Å²) in [4.78, 5) is 5.35. The normalized spacial score (nSPS) is 11.4. The van der Waals surface area contributed by atoms with Gasteiger partial charge in [0, 0.05) is 23.1 Å². The largest absolute Gasteiger partial charge is 0.507 e. The Kier molecular flexibility index (Phi) is 2.17. The Labute approximate surface area is 83.0 Å². The Hall–Kier alpha value is -1.48. The molecule has 0 aliphatic heterocycles. The van der Waals surface area contributed by atoms with Crippen molar-refractivity contribution in [1.29, 1.82) is 0 Å². The van der Waals surface area contributed by atoms with Crippen molar-refractivity contribution in [2.75, 3.05) is 14.1 Å². The SMILES string of the molecule is CN(C)Cc1cc2c(O)cccc2[nH]1. The second-order valence-corrected chi connectivity index (χ2v) is 3.77. The summed E-state index contributed by atoms with van der Waals surface area (Å²) in [7, 11) is 4.04. The van der Waals surface area contributed by atoms with Crippen LogP contribution in [0.2, 0.25) is 0 Å². The molecule has 0 saturated heterocycles. The van der Waals surface area contributed by atoms with E-state index in [2.05, 4.69) is 9.88 Å². The lowest BCUT2D eigenvalue weighted by Gasteiger charge is -2.06. The molecule has 0 saturated carbocycles. The van der Waals surface area contributed by atoms with Gasteiger partial charge in [0.25, 0.3) is 0 Å². The van der Waals surface area contributed by atoms with Crippen molar-refractivity contribution in [2.24, 2.45) is 0 Å². The van der Waals surface area contributed by atoms with E-state index in [1.165, 1.54) is 0 Å². The van der Waals surface area contributed by atoms with Gasteiger partial charge in [0.15, 0.2) is 0 Å². The molecule has 2 N–H and O–H groups in total. The van der Waals surface area contributed by atoms with Crippen LogP contribution in [0, 0.1) is 0 Å². The molecular weight excluding hydrogens is 176 g/mol. The van der Waals surface area contributed by atoms with E-state index in [9.17, 15) is 5.11 Å². The van der Waals surface area contributed by atoms with Gasteiger partial charge in [0.1, 0.15) is 5.75 Å². The lowest BCUT2D eigenvalue weighted by molar-refractivity contribution is 0.398. The number of phenols is 1. The molecule has 1 aromatic carbocycles. The average Bonchev–Trinajstić information content (AvgIpc) is 2.47. The number of hydrogen-bond acceptors (Lipinski definition) is 2. The minimum Gasteiger partial charge on any atom is -0.507 e. The van der Waals surface area contributed by atoms with Crippen molar-refractivity contribution in [3.8, 4) is 5.75 Å². The molecule has 0 aliphatic rings. The van der Waals surface area contributed by atoms with Crippen molar-refractivity contribution in [2.45, 2.75) is 6.54 Å².